The molecule has 0 saturated heterocycles. The van der Waals surface area contributed by atoms with Gasteiger partial charge in [-0.15, -0.1) is 0 Å². The lowest BCUT2D eigenvalue weighted by molar-refractivity contribution is -0.114. The van der Waals surface area contributed by atoms with E-state index >= 15 is 0 Å². The van der Waals surface area contributed by atoms with Crippen LogP contribution < -0.4 is 10.7 Å². The zero-order chi connectivity index (χ0) is 17.4. The summed E-state index contributed by atoms with van der Waals surface area (Å²) in [5, 5.41) is 6.94. The van der Waals surface area contributed by atoms with E-state index in [0.717, 1.165) is 24.1 Å². The van der Waals surface area contributed by atoms with Crippen molar-refractivity contribution >= 4 is 23.2 Å². The van der Waals surface area contributed by atoms with Crippen LogP contribution in [0.1, 0.15) is 42.6 Å². The van der Waals surface area contributed by atoms with E-state index in [1.807, 2.05) is 30.3 Å². The molecule has 0 aromatic heterocycles. The molecule has 0 radical (unpaired) electrons. The molecular formula is C19H21N3O2. The minimum atomic E-state index is -0.283. The van der Waals surface area contributed by atoms with Gasteiger partial charge >= 0.3 is 0 Å². The Kier molecular flexibility index (Phi) is 6.25. The molecule has 2 aromatic carbocycles. The Morgan fingerprint density at radius 2 is 1.62 bits per heavy atom. The van der Waals surface area contributed by atoms with E-state index in [9.17, 15) is 9.59 Å². The fourth-order valence-electron chi connectivity index (χ4n) is 2.22. The third-order valence-corrected chi connectivity index (χ3v) is 3.35. The maximum atomic E-state index is 12.2. The van der Waals surface area contributed by atoms with Crippen LogP contribution in [-0.4, -0.2) is 17.5 Å². The van der Waals surface area contributed by atoms with Gasteiger partial charge < -0.3 is 5.32 Å². The number of hydrogen-bond acceptors (Lipinski definition) is 3. The number of anilines is 1. The van der Waals surface area contributed by atoms with Crippen molar-refractivity contribution in [2.75, 3.05) is 5.32 Å². The molecule has 5 nitrogen and oxygen atoms in total. The van der Waals surface area contributed by atoms with Gasteiger partial charge in [0.05, 0.1) is 5.71 Å². The molecule has 0 spiro atoms. The summed E-state index contributed by atoms with van der Waals surface area (Å²) in [5.41, 5.74) is 5.59. The molecule has 2 amide bonds. The molecule has 0 unspecified atom stereocenters. The Balaban J connectivity index is 2.08. The summed E-state index contributed by atoms with van der Waals surface area (Å²) in [6.45, 7) is 3.51. The third-order valence-electron chi connectivity index (χ3n) is 3.35. The summed E-state index contributed by atoms with van der Waals surface area (Å²) < 4.78 is 0. The van der Waals surface area contributed by atoms with Crippen molar-refractivity contribution < 1.29 is 9.59 Å². The van der Waals surface area contributed by atoms with Crippen LogP contribution in [0.5, 0.6) is 0 Å². The molecule has 2 rings (SSSR count). The summed E-state index contributed by atoms with van der Waals surface area (Å²) in [4.78, 5) is 23.2. The van der Waals surface area contributed by atoms with Crippen LogP contribution in [0.2, 0.25) is 0 Å². The minimum Gasteiger partial charge on any atom is -0.326 e. The van der Waals surface area contributed by atoms with E-state index in [4.69, 9.17) is 0 Å². The van der Waals surface area contributed by atoms with Gasteiger partial charge in [-0.05, 0) is 36.2 Å². The highest BCUT2D eigenvalue weighted by atomic mass is 16.2. The molecule has 0 aliphatic heterocycles. The number of amides is 2. The van der Waals surface area contributed by atoms with Gasteiger partial charge in [-0.2, -0.15) is 5.10 Å². The number of hydrogen-bond donors (Lipinski definition) is 2. The van der Waals surface area contributed by atoms with Gasteiger partial charge in [0.15, 0.2) is 0 Å². The van der Waals surface area contributed by atoms with Crippen LogP contribution in [0, 0.1) is 0 Å². The van der Waals surface area contributed by atoms with Crippen LogP contribution >= 0.6 is 0 Å². The number of nitrogens with zero attached hydrogens (tertiary/aromatic N) is 1. The molecule has 0 heterocycles. The second kappa shape index (κ2) is 8.62. The zero-order valence-electron chi connectivity index (χ0n) is 13.9. The quantitative estimate of drug-likeness (QED) is 0.630. The Hall–Kier alpha value is -2.95. The lowest BCUT2D eigenvalue weighted by atomic mass is 10.1. The van der Waals surface area contributed by atoms with E-state index in [0.29, 0.717) is 11.3 Å². The van der Waals surface area contributed by atoms with E-state index < -0.39 is 0 Å². The van der Waals surface area contributed by atoms with Crippen LogP contribution in [0.15, 0.2) is 59.7 Å². The van der Waals surface area contributed by atoms with Crippen LogP contribution in [0.4, 0.5) is 5.69 Å². The Morgan fingerprint density at radius 1 is 0.958 bits per heavy atom. The second-order valence-electron chi connectivity index (χ2n) is 5.37. The molecule has 2 N–H and O–H groups in total. The molecule has 0 atom stereocenters. The maximum Gasteiger partial charge on any atom is 0.271 e. The Labute approximate surface area is 141 Å². The number of benzene rings is 2. The first-order valence-corrected chi connectivity index (χ1v) is 7.90. The minimum absolute atomic E-state index is 0.149. The monoisotopic (exact) mass is 323 g/mol. The fraction of sp³-hybridized carbons (Fsp3) is 0.211. The largest absolute Gasteiger partial charge is 0.326 e. The molecule has 0 fully saturated rings. The standard InChI is InChI=1S/C19H21N3O2/c1-3-7-18(15-8-5-4-6-9-15)21-22-19(24)16-10-12-17(13-11-16)20-14(2)23/h4-6,8-13H,3,7H2,1-2H3,(H,20,23)(H,22,24)/b21-18-. The highest BCUT2D eigenvalue weighted by Gasteiger charge is 2.07. The summed E-state index contributed by atoms with van der Waals surface area (Å²) in [7, 11) is 0. The molecule has 24 heavy (non-hydrogen) atoms. The molecular weight excluding hydrogens is 302 g/mol. The third kappa shape index (κ3) is 5.05. The van der Waals surface area contributed by atoms with Gasteiger partial charge in [-0.1, -0.05) is 43.7 Å². The van der Waals surface area contributed by atoms with E-state index in [1.165, 1.54) is 6.92 Å². The highest BCUT2D eigenvalue weighted by molar-refractivity contribution is 6.02. The van der Waals surface area contributed by atoms with Gasteiger partial charge in [0.1, 0.15) is 0 Å². The van der Waals surface area contributed by atoms with Crippen LogP contribution in [-0.2, 0) is 4.79 Å². The molecule has 5 heteroatoms. The Morgan fingerprint density at radius 3 is 2.21 bits per heavy atom. The number of nitrogens with one attached hydrogen (secondary N) is 2. The topological polar surface area (TPSA) is 70.6 Å². The van der Waals surface area contributed by atoms with E-state index in [-0.39, 0.29) is 11.8 Å². The molecule has 124 valence electrons. The number of carbonyl (C=O) groups is 2. The van der Waals surface area contributed by atoms with Gasteiger partial charge in [0.2, 0.25) is 5.91 Å². The zero-order valence-corrected chi connectivity index (χ0v) is 13.9. The molecule has 0 saturated carbocycles. The van der Waals surface area contributed by atoms with Crippen molar-refractivity contribution in [1.29, 1.82) is 0 Å². The first-order chi connectivity index (χ1) is 11.6. The van der Waals surface area contributed by atoms with Crippen molar-refractivity contribution in [3.63, 3.8) is 0 Å². The SMILES string of the molecule is CCC/C(=N/NC(=O)c1ccc(NC(C)=O)cc1)c1ccccc1. The van der Waals surface area contributed by atoms with Crippen molar-refractivity contribution in [1.82, 2.24) is 5.43 Å². The van der Waals surface area contributed by atoms with E-state index in [2.05, 4.69) is 22.8 Å². The average Bonchev–Trinajstić information content (AvgIpc) is 2.59. The molecule has 0 aliphatic carbocycles. The smallest absolute Gasteiger partial charge is 0.271 e. The predicted octanol–water partition coefficient (Wildman–Crippen LogP) is 3.58. The van der Waals surface area contributed by atoms with Crippen molar-refractivity contribution in [2.24, 2.45) is 5.10 Å². The van der Waals surface area contributed by atoms with Gasteiger partial charge in [-0.25, -0.2) is 5.43 Å². The summed E-state index contributed by atoms with van der Waals surface area (Å²) in [5.74, 6) is -0.433. The molecule has 0 aliphatic rings. The predicted molar refractivity (Wildman–Crippen MR) is 96.1 cm³/mol. The van der Waals surface area contributed by atoms with Gasteiger partial charge in [0.25, 0.3) is 5.91 Å². The number of hydrazone groups is 1. The average molecular weight is 323 g/mol. The first kappa shape index (κ1) is 17.4. The normalized spacial score (nSPS) is 11.0. The van der Waals surface area contributed by atoms with E-state index in [1.54, 1.807) is 24.3 Å². The molecule has 0 bridgehead atoms. The van der Waals surface area contributed by atoms with Gasteiger partial charge in [0, 0.05) is 18.2 Å². The second-order valence-corrected chi connectivity index (χ2v) is 5.37. The van der Waals surface area contributed by atoms with Crippen molar-refractivity contribution in [3.05, 3.63) is 65.7 Å². The maximum absolute atomic E-state index is 12.2. The summed E-state index contributed by atoms with van der Waals surface area (Å²) in [6.07, 6.45) is 1.72. The number of carbonyl (C=O) groups excluding carboxylic acids is 2. The lowest BCUT2D eigenvalue weighted by Gasteiger charge is -2.07. The highest BCUT2D eigenvalue weighted by Crippen LogP contribution is 2.10. The van der Waals surface area contributed by atoms with Crippen molar-refractivity contribution in [3.8, 4) is 0 Å². The lowest BCUT2D eigenvalue weighted by Crippen LogP contribution is -2.20. The van der Waals surface area contributed by atoms with Crippen molar-refractivity contribution in [2.45, 2.75) is 26.7 Å². The van der Waals surface area contributed by atoms with Crippen LogP contribution in [0.25, 0.3) is 0 Å². The van der Waals surface area contributed by atoms with Crippen LogP contribution in [0.3, 0.4) is 0 Å². The first-order valence-electron chi connectivity index (χ1n) is 7.90. The summed E-state index contributed by atoms with van der Waals surface area (Å²) in [6, 6.07) is 16.5. The Bertz CT molecular complexity index is 722. The van der Waals surface area contributed by atoms with Gasteiger partial charge in [-0.3, -0.25) is 9.59 Å². The summed E-state index contributed by atoms with van der Waals surface area (Å²) >= 11 is 0. The molecule has 2 aromatic rings. The fourth-order valence-corrected chi connectivity index (χ4v) is 2.22. The number of rotatable bonds is 6.